The summed E-state index contributed by atoms with van der Waals surface area (Å²) < 4.78 is 1.08. The molecule has 1 aromatic carbocycles. The van der Waals surface area contributed by atoms with E-state index in [4.69, 9.17) is 11.6 Å². The van der Waals surface area contributed by atoms with Crippen molar-refractivity contribution in [1.82, 2.24) is 5.32 Å². The van der Waals surface area contributed by atoms with Crippen LogP contribution >= 0.6 is 27.5 Å². The molecule has 96 valence electrons. The average Bonchev–Trinajstić information content (AvgIpc) is 2.31. The van der Waals surface area contributed by atoms with Crippen LogP contribution in [0.5, 0.6) is 0 Å². The van der Waals surface area contributed by atoms with Gasteiger partial charge in [0.25, 0.3) is 0 Å². The highest BCUT2D eigenvalue weighted by Gasteiger charge is 2.04. The third-order valence-corrected chi connectivity index (χ3v) is 3.75. The van der Waals surface area contributed by atoms with E-state index < -0.39 is 0 Å². The molecule has 1 nitrogen and oxygen atoms in total. The summed E-state index contributed by atoms with van der Waals surface area (Å²) in [6.45, 7) is 5.31. The van der Waals surface area contributed by atoms with Crippen LogP contribution in [0.1, 0.15) is 45.1 Å². The molecular weight excluding hydrogens is 298 g/mol. The van der Waals surface area contributed by atoms with E-state index in [-0.39, 0.29) is 0 Å². The molecule has 3 heteroatoms. The third-order valence-electron chi connectivity index (χ3n) is 2.89. The van der Waals surface area contributed by atoms with E-state index >= 15 is 0 Å². The Bertz CT molecular complexity index is 341. The second-order valence-electron chi connectivity index (χ2n) is 4.51. The molecule has 0 amide bonds. The molecule has 0 aliphatic heterocycles. The number of hydrogen-bond acceptors (Lipinski definition) is 1. The fourth-order valence-corrected chi connectivity index (χ4v) is 2.36. The monoisotopic (exact) mass is 317 g/mol. The maximum Gasteiger partial charge on any atom is 0.0451 e. The molecule has 0 spiro atoms. The summed E-state index contributed by atoms with van der Waals surface area (Å²) in [6.07, 6.45) is 5.14. The van der Waals surface area contributed by atoms with Crippen LogP contribution in [-0.2, 0) is 6.54 Å². The lowest BCUT2D eigenvalue weighted by atomic mass is 10.1. The van der Waals surface area contributed by atoms with Crippen molar-refractivity contribution in [2.75, 3.05) is 0 Å². The maximum absolute atomic E-state index is 6.15. The molecule has 0 aliphatic carbocycles. The van der Waals surface area contributed by atoms with Crippen LogP contribution in [0, 0.1) is 0 Å². The predicted molar refractivity (Wildman–Crippen MR) is 79.6 cm³/mol. The first-order valence-corrected chi connectivity index (χ1v) is 7.48. The van der Waals surface area contributed by atoms with Gasteiger partial charge in [-0.25, -0.2) is 0 Å². The zero-order chi connectivity index (χ0) is 12.7. The number of nitrogens with one attached hydrogen (secondary N) is 1. The summed E-state index contributed by atoms with van der Waals surface area (Å²) in [6, 6.07) is 6.53. The van der Waals surface area contributed by atoms with Crippen molar-refractivity contribution in [2.24, 2.45) is 0 Å². The lowest BCUT2D eigenvalue weighted by molar-refractivity contribution is 0.487. The van der Waals surface area contributed by atoms with Gasteiger partial charge in [-0.2, -0.15) is 0 Å². The van der Waals surface area contributed by atoms with E-state index in [0.29, 0.717) is 6.04 Å². The van der Waals surface area contributed by atoms with E-state index in [1.54, 1.807) is 0 Å². The highest BCUT2D eigenvalue weighted by molar-refractivity contribution is 9.10. The summed E-state index contributed by atoms with van der Waals surface area (Å²) in [5.41, 5.74) is 1.16. The quantitative estimate of drug-likeness (QED) is 0.685. The van der Waals surface area contributed by atoms with Crippen LogP contribution in [0.4, 0.5) is 0 Å². The number of hydrogen-bond donors (Lipinski definition) is 1. The molecule has 0 saturated heterocycles. The van der Waals surface area contributed by atoms with E-state index in [0.717, 1.165) is 21.6 Å². The molecule has 0 bridgehead atoms. The van der Waals surface area contributed by atoms with Gasteiger partial charge in [0.15, 0.2) is 0 Å². The maximum atomic E-state index is 6.15. The molecule has 1 N–H and O–H groups in total. The molecule has 1 rings (SSSR count). The van der Waals surface area contributed by atoms with E-state index in [1.807, 2.05) is 12.1 Å². The first kappa shape index (κ1) is 15.0. The molecule has 0 saturated carbocycles. The third kappa shape index (κ3) is 5.89. The Labute approximate surface area is 118 Å². The zero-order valence-corrected chi connectivity index (χ0v) is 12.9. The van der Waals surface area contributed by atoms with Crippen molar-refractivity contribution >= 4 is 27.5 Å². The lowest BCUT2D eigenvalue weighted by Crippen LogP contribution is -2.25. The number of benzene rings is 1. The Morgan fingerprint density at radius 1 is 1.35 bits per heavy atom. The fraction of sp³-hybridized carbons (Fsp3) is 0.571. The Morgan fingerprint density at radius 2 is 2.12 bits per heavy atom. The summed E-state index contributed by atoms with van der Waals surface area (Å²) in [5.74, 6) is 0. The summed E-state index contributed by atoms with van der Waals surface area (Å²) in [7, 11) is 0. The summed E-state index contributed by atoms with van der Waals surface area (Å²) in [4.78, 5) is 0. The van der Waals surface area contributed by atoms with Crippen molar-refractivity contribution in [2.45, 2.75) is 52.1 Å². The molecule has 0 heterocycles. The van der Waals surface area contributed by atoms with Crippen LogP contribution in [0.2, 0.25) is 5.02 Å². The Balaban J connectivity index is 2.36. The van der Waals surface area contributed by atoms with Crippen molar-refractivity contribution in [3.8, 4) is 0 Å². The Hall–Kier alpha value is -0.0500. The van der Waals surface area contributed by atoms with Gasteiger partial charge < -0.3 is 5.32 Å². The topological polar surface area (TPSA) is 12.0 Å². The minimum absolute atomic E-state index is 0.552. The van der Waals surface area contributed by atoms with Crippen LogP contribution in [0.3, 0.4) is 0 Å². The number of rotatable bonds is 7. The SMILES string of the molecule is CCCCCC(C)NCc1cc(Br)ccc1Cl. The molecule has 17 heavy (non-hydrogen) atoms. The molecular formula is C14H21BrClN. The van der Waals surface area contributed by atoms with Crippen LogP contribution in [0.15, 0.2) is 22.7 Å². The first-order valence-electron chi connectivity index (χ1n) is 6.30. The number of halogens is 2. The minimum atomic E-state index is 0.552. The van der Waals surface area contributed by atoms with Gasteiger partial charge in [0.05, 0.1) is 0 Å². The van der Waals surface area contributed by atoms with E-state index in [9.17, 15) is 0 Å². The smallest absolute Gasteiger partial charge is 0.0451 e. The highest BCUT2D eigenvalue weighted by atomic mass is 79.9. The van der Waals surface area contributed by atoms with Gasteiger partial charge in [0.1, 0.15) is 0 Å². The van der Waals surface area contributed by atoms with Crippen molar-refractivity contribution in [3.05, 3.63) is 33.3 Å². The van der Waals surface area contributed by atoms with E-state index in [2.05, 4.69) is 41.2 Å². The predicted octanol–water partition coefficient (Wildman–Crippen LogP) is 5.16. The second-order valence-corrected chi connectivity index (χ2v) is 5.84. The van der Waals surface area contributed by atoms with Gasteiger partial charge in [-0.3, -0.25) is 0 Å². The van der Waals surface area contributed by atoms with Crippen molar-refractivity contribution < 1.29 is 0 Å². The molecule has 1 atom stereocenters. The van der Waals surface area contributed by atoms with Gasteiger partial charge in [-0.05, 0) is 37.1 Å². The molecule has 0 aliphatic rings. The Kier molecular flexibility index (Phi) is 7.17. The largest absolute Gasteiger partial charge is 0.310 e. The van der Waals surface area contributed by atoms with Crippen LogP contribution < -0.4 is 5.32 Å². The van der Waals surface area contributed by atoms with Crippen LogP contribution in [-0.4, -0.2) is 6.04 Å². The molecule has 1 aromatic rings. The van der Waals surface area contributed by atoms with Gasteiger partial charge >= 0.3 is 0 Å². The molecule has 0 radical (unpaired) electrons. The molecule has 0 fully saturated rings. The molecule has 0 aromatic heterocycles. The number of unbranched alkanes of at least 4 members (excludes halogenated alkanes) is 2. The highest BCUT2D eigenvalue weighted by Crippen LogP contribution is 2.21. The summed E-state index contributed by atoms with van der Waals surface area (Å²) >= 11 is 9.61. The van der Waals surface area contributed by atoms with Gasteiger partial charge in [-0.15, -0.1) is 0 Å². The average molecular weight is 319 g/mol. The van der Waals surface area contributed by atoms with Crippen LogP contribution in [0.25, 0.3) is 0 Å². The minimum Gasteiger partial charge on any atom is -0.310 e. The van der Waals surface area contributed by atoms with Gasteiger partial charge in [0.2, 0.25) is 0 Å². The summed E-state index contributed by atoms with van der Waals surface area (Å²) in [5, 5.41) is 4.36. The first-order chi connectivity index (χ1) is 8.13. The van der Waals surface area contributed by atoms with Gasteiger partial charge in [-0.1, -0.05) is 53.7 Å². The van der Waals surface area contributed by atoms with E-state index in [1.165, 1.54) is 25.7 Å². The van der Waals surface area contributed by atoms with Crippen molar-refractivity contribution in [1.29, 1.82) is 0 Å². The Morgan fingerprint density at radius 3 is 2.82 bits per heavy atom. The fourth-order valence-electron chi connectivity index (χ4n) is 1.77. The molecule has 1 unspecified atom stereocenters. The normalized spacial score (nSPS) is 12.7. The standard InChI is InChI=1S/C14H21BrClN/c1-3-4-5-6-11(2)17-10-12-9-13(15)7-8-14(12)16/h7-9,11,17H,3-6,10H2,1-2H3. The van der Waals surface area contributed by atoms with Crippen molar-refractivity contribution in [3.63, 3.8) is 0 Å². The zero-order valence-electron chi connectivity index (χ0n) is 10.6. The van der Waals surface area contributed by atoms with Gasteiger partial charge in [0, 0.05) is 22.1 Å². The second kappa shape index (κ2) is 8.12. The lowest BCUT2D eigenvalue weighted by Gasteiger charge is -2.14.